The summed E-state index contributed by atoms with van der Waals surface area (Å²) < 4.78 is 10.4. The quantitative estimate of drug-likeness (QED) is 0.370. The molecule has 0 radical (unpaired) electrons. The van der Waals surface area contributed by atoms with Crippen molar-refractivity contribution in [3.63, 3.8) is 0 Å². The van der Waals surface area contributed by atoms with Gasteiger partial charge >= 0.3 is 17.7 Å². The number of allylic oxidation sites excluding steroid dienone is 1. The van der Waals surface area contributed by atoms with Crippen molar-refractivity contribution in [3.8, 4) is 0 Å². The fourth-order valence-corrected chi connectivity index (χ4v) is 3.39. The maximum atomic E-state index is 12.6. The number of hydrogen-bond donors (Lipinski definition) is 1. The molecule has 8 heteroatoms. The molecule has 0 bridgehead atoms. The van der Waals surface area contributed by atoms with Gasteiger partial charge in [0.05, 0.1) is 17.1 Å². The predicted molar refractivity (Wildman–Crippen MR) is 92.6 cm³/mol. The summed E-state index contributed by atoms with van der Waals surface area (Å²) in [4.78, 5) is 35.9. The van der Waals surface area contributed by atoms with E-state index in [1.807, 2.05) is 0 Å². The van der Waals surface area contributed by atoms with Crippen LogP contribution in [0.2, 0.25) is 0 Å². The standard InChI is InChI=1S/C18H22N2O6/c1-5-25-17(22)15-11(2)19-12(3)18(20(23)24,26-13(4)21)16(15)14-9-7-6-8-10-14/h6-10,12,16,19H,5H2,1-4H3. The molecular formula is C18H22N2O6. The van der Waals surface area contributed by atoms with Crippen LogP contribution >= 0.6 is 0 Å². The van der Waals surface area contributed by atoms with Gasteiger partial charge in [0, 0.05) is 12.6 Å². The molecular weight excluding hydrogens is 340 g/mol. The Hall–Kier alpha value is -2.90. The first-order chi connectivity index (χ1) is 12.3. The Labute approximate surface area is 151 Å². The van der Waals surface area contributed by atoms with E-state index in [1.54, 1.807) is 51.1 Å². The lowest BCUT2D eigenvalue weighted by Gasteiger charge is -2.41. The number of nitrogens with zero attached hydrogens (tertiary/aromatic N) is 1. The van der Waals surface area contributed by atoms with Crippen LogP contribution in [0.25, 0.3) is 0 Å². The van der Waals surface area contributed by atoms with Crippen molar-refractivity contribution >= 4 is 11.9 Å². The summed E-state index contributed by atoms with van der Waals surface area (Å²) in [5.74, 6) is -2.60. The first kappa shape index (κ1) is 19.4. The van der Waals surface area contributed by atoms with Crippen LogP contribution in [-0.2, 0) is 19.1 Å². The van der Waals surface area contributed by atoms with Gasteiger partial charge in [-0.05, 0) is 26.3 Å². The molecule has 140 valence electrons. The number of carbonyl (C=O) groups excluding carboxylic acids is 2. The van der Waals surface area contributed by atoms with Crippen LogP contribution in [0.4, 0.5) is 0 Å². The highest BCUT2D eigenvalue weighted by atomic mass is 16.7. The number of hydrogen-bond acceptors (Lipinski definition) is 7. The summed E-state index contributed by atoms with van der Waals surface area (Å²) in [5.41, 5.74) is -1.17. The van der Waals surface area contributed by atoms with E-state index in [2.05, 4.69) is 5.32 Å². The average Bonchev–Trinajstić information content (AvgIpc) is 2.57. The molecule has 26 heavy (non-hydrogen) atoms. The Morgan fingerprint density at radius 2 is 1.92 bits per heavy atom. The second kappa shape index (κ2) is 7.55. The maximum absolute atomic E-state index is 12.6. The molecule has 1 aromatic rings. The summed E-state index contributed by atoms with van der Waals surface area (Å²) in [6.07, 6.45) is 0. The van der Waals surface area contributed by atoms with Gasteiger partial charge in [-0.2, -0.15) is 0 Å². The monoisotopic (exact) mass is 362 g/mol. The van der Waals surface area contributed by atoms with Crippen LogP contribution in [0, 0.1) is 10.1 Å². The van der Waals surface area contributed by atoms with Crippen LogP contribution in [-0.4, -0.2) is 35.2 Å². The van der Waals surface area contributed by atoms with E-state index in [-0.39, 0.29) is 12.2 Å². The number of nitrogens with one attached hydrogen (secondary N) is 1. The minimum Gasteiger partial charge on any atom is -0.463 e. The number of benzene rings is 1. The Kier molecular flexibility index (Phi) is 5.64. The van der Waals surface area contributed by atoms with Crippen molar-refractivity contribution in [2.45, 2.75) is 45.4 Å². The summed E-state index contributed by atoms with van der Waals surface area (Å²) >= 11 is 0. The topological polar surface area (TPSA) is 108 Å². The van der Waals surface area contributed by atoms with Gasteiger partial charge in [-0.25, -0.2) is 4.79 Å². The third kappa shape index (κ3) is 3.26. The highest BCUT2D eigenvalue weighted by Gasteiger charge is 2.64. The number of carbonyl (C=O) groups is 2. The molecule has 0 saturated carbocycles. The zero-order valence-electron chi connectivity index (χ0n) is 15.1. The van der Waals surface area contributed by atoms with Gasteiger partial charge in [-0.15, -0.1) is 0 Å². The Bertz CT molecular complexity index is 745. The molecule has 3 unspecified atom stereocenters. The zero-order chi connectivity index (χ0) is 19.5. The van der Waals surface area contributed by atoms with E-state index in [4.69, 9.17) is 9.47 Å². The van der Waals surface area contributed by atoms with Gasteiger partial charge in [-0.1, -0.05) is 30.3 Å². The molecule has 0 saturated heterocycles. The van der Waals surface area contributed by atoms with Crippen LogP contribution in [0.15, 0.2) is 41.6 Å². The first-order valence-electron chi connectivity index (χ1n) is 8.29. The molecule has 0 amide bonds. The Balaban J connectivity index is 2.79. The molecule has 0 aliphatic carbocycles. The summed E-state index contributed by atoms with van der Waals surface area (Å²) in [5, 5.41) is 15.1. The second-order valence-electron chi connectivity index (χ2n) is 6.07. The highest BCUT2D eigenvalue weighted by Crippen LogP contribution is 2.45. The number of nitro groups is 1. The zero-order valence-corrected chi connectivity index (χ0v) is 15.1. The lowest BCUT2D eigenvalue weighted by atomic mass is 9.75. The van der Waals surface area contributed by atoms with Crippen molar-refractivity contribution in [2.24, 2.45) is 0 Å². The van der Waals surface area contributed by atoms with E-state index in [1.165, 1.54) is 0 Å². The summed E-state index contributed by atoms with van der Waals surface area (Å²) in [7, 11) is 0. The van der Waals surface area contributed by atoms with Gasteiger partial charge < -0.3 is 14.8 Å². The van der Waals surface area contributed by atoms with E-state index in [0.29, 0.717) is 11.3 Å². The van der Waals surface area contributed by atoms with Gasteiger partial charge in [0.1, 0.15) is 12.0 Å². The largest absolute Gasteiger partial charge is 0.463 e. The Morgan fingerprint density at radius 3 is 2.42 bits per heavy atom. The van der Waals surface area contributed by atoms with Crippen molar-refractivity contribution < 1.29 is 24.0 Å². The highest BCUT2D eigenvalue weighted by molar-refractivity contribution is 5.92. The predicted octanol–water partition coefficient (Wildman–Crippen LogP) is 2.14. The normalized spacial score (nSPS) is 25.2. The average molecular weight is 362 g/mol. The molecule has 0 fully saturated rings. The van der Waals surface area contributed by atoms with Crippen LogP contribution < -0.4 is 5.32 Å². The molecule has 2 rings (SSSR count). The van der Waals surface area contributed by atoms with Crippen LogP contribution in [0.5, 0.6) is 0 Å². The van der Waals surface area contributed by atoms with Gasteiger partial charge in [0.2, 0.25) is 0 Å². The molecule has 1 heterocycles. The molecule has 1 aliphatic rings. The number of rotatable bonds is 5. The van der Waals surface area contributed by atoms with E-state index < -0.39 is 34.5 Å². The number of ether oxygens (including phenoxy) is 2. The SMILES string of the molecule is CCOC(=O)C1=C(C)NC(C)C(OC(C)=O)([N+](=O)[O-])C1c1ccccc1. The lowest BCUT2D eigenvalue weighted by molar-refractivity contribution is -0.630. The van der Waals surface area contributed by atoms with Gasteiger partial charge in [0.25, 0.3) is 0 Å². The van der Waals surface area contributed by atoms with Crippen molar-refractivity contribution in [2.75, 3.05) is 6.61 Å². The van der Waals surface area contributed by atoms with Crippen molar-refractivity contribution in [3.05, 3.63) is 57.3 Å². The molecule has 1 N–H and O–H groups in total. The van der Waals surface area contributed by atoms with Crippen LogP contribution in [0.3, 0.4) is 0 Å². The molecule has 1 aliphatic heterocycles. The van der Waals surface area contributed by atoms with Crippen LogP contribution in [0.1, 0.15) is 39.2 Å². The van der Waals surface area contributed by atoms with E-state index in [9.17, 15) is 19.7 Å². The summed E-state index contributed by atoms with van der Waals surface area (Å²) in [6.45, 7) is 6.07. The van der Waals surface area contributed by atoms with Gasteiger partial charge in [-0.3, -0.25) is 14.9 Å². The summed E-state index contributed by atoms with van der Waals surface area (Å²) in [6, 6.07) is 7.63. The molecule has 3 atom stereocenters. The molecule has 8 nitrogen and oxygen atoms in total. The van der Waals surface area contributed by atoms with Crippen molar-refractivity contribution in [1.29, 1.82) is 0 Å². The molecule has 0 aromatic heterocycles. The fourth-order valence-electron chi connectivity index (χ4n) is 3.39. The second-order valence-corrected chi connectivity index (χ2v) is 6.07. The van der Waals surface area contributed by atoms with Gasteiger partial charge in [0.15, 0.2) is 0 Å². The lowest BCUT2D eigenvalue weighted by Crippen LogP contribution is -2.64. The molecule has 1 aromatic carbocycles. The smallest absolute Gasteiger partial charge is 0.396 e. The minimum absolute atomic E-state index is 0.0779. The Morgan fingerprint density at radius 1 is 1.31 bits per heavy atom. The molecule has 0 spiro atoms. The third-order valence-corrected chi connectivity index (χ3v) is 4.38. The van der Waals surface area contributed by atoms with E-state index in [0.717, 1.165) is 6.92 Å². The fraction of sp³-hybridized carbons (Fsp3) is 0.444. The van der Waals surface area contributed by atoms with E-state index >= 15 is 0 Å². The minimum atomic E-state index is -2.19. The number of esters is 2. The first-order valence-corrected chi connectivity index (χ1v) is 8.29. The third-order valence-electron chi connectivity index (χ3n) is 4.38. The maximum Gasteiger partial charge on any atom is 0.396 e. The van der Waals surface area contributed by atoms with Crippen molar-refractivity contribution in [1.82, 2.24) is 5.32 Å².